The molecule has 0 radical (unpaired) electrons. The molecule has 1 aromatic heterocycles. The highest BCUT2D eigenvalue weighted by molar-refractivity contribution is 8.00. The lowest BCUT2D eigenvalue weighted by atomic mass is 10.2. The number of thioether (sulfide) groups is 1. The molecule has 0 bridgehead atoms. The Balaban J connectivity index is 2.61. The van der Waals surface area contributed by atoms with Crippen molar-refractivity contribution >= 4 is 23.4 Å². The quantitative estimate of drug-likeness (QED) is 0.781. The van der Waals surface area contributed by atoms with Crippen LogP contribution in [0.2, 0.25) is 0 Å². The summed E-state index contributed by atoms with van der Waals surface area (Å²) in [5, 5.41) is 4.15. The van der Waals surface area contributed by atoms with Gasteiger partial charge in [-0.1, -0.05) is 0 Å². The minimum atomic E-state index is -4.18. The minimum Gasteiger partial charge on any atom is -0.268 e. The second-order valence-electron chi connectivity index (χ2n) is 3.30. The van der Waals surface area contributed by atoms with E-state index < -0.39 is 5.51 Å². The van der Waals surface area contributed by atoms with E-state index in [9.17, 15) is 13.2 Å². The van der Waals surface area contributed by atoms with Crippen LogP contribution >= 0.6 is 23.4 Å². The van der Waals surface area contributed by atoms with Crippen molar-refractivity contribution in [1.29, 1.82) is 0 Å². The van der Waals surface area contributed by atoms with Crippen molar-refractivity contribution in [2.24, 2.45) is 0 Å². The molecule has 0 N–H and O–H groups in total. The highest BCUT2D eigenvalue weighted by Gasteiger charge is 2.27. The van der Waals surface area contributed by atoms with Crippen molar-refractivity contribution in [3.63, 3.8) is 0 Å². The van der Waals surface area contributed by atoms with Crippen LogP contribution in [0.3, 0.4) is 0 Å². The third-order valence-electron chi connectivity index (χ3n) is 2.23. The predicted molar refractivity (Wildman–Crippen MR) is 59.8 cm³/mol. The molecule has 0 saturated heterocycles. The molecular weight excluding hydrogens is 261 g/mol. The summed E-state index contributed by atoms with van der Waals surface area (Å²) in [6.45, 7) is 3.86. The topological polar surface area (TPSA) is 17.8 Å². The van der Waals surface area contributed by atoms with Crippen LogP contribution in [0.5, 0.6) is 0 Å². The maximum absolute atomic E-state index is 11.9. The van der Waals surface area contributed by atoms with Gasteiger partial charge in [-0.3, -0.25) is 4.68 Å². The summed E-state index contributed by atoms with van der Waals surface area (Å²) in [4.78, 5) is 0. The van der Waals surface area contributed by atoms with Crippen molar-refractivity contribution in [3.8, 4) is 0 Å². The van der Waals surface area contributed by atoms with Gasteiger partial charge in [0.05, 0.1) is 18.1 Å². The van der Waals surface area contributed by atoms with Crippen LogP contribution in [0.4, 0.5) is 13.2 Å². The maximum Gasteiger partial charge on any atom is 0.441 e. The summed E-state index contributed by atoms with van der Waals surface area (Å²) in [7, 11) is 0. The first-order valence-electron chi connectivity index (χ1n) is 4.64. The van der Waals surface area contributed by atoms with Crippen LogP contribution in [-0.4, -0.2) is 21.0 Å². The summed E-state index contributed by atoms with van der Waals surface area (Å²) < 4.78 is 37.3. The maximum atomic E-state index is 11.9. The third kappa shape index (κ3) is 3.59. The summed E-state index contributed by atoms with van der Waals surface area (Å²) >= 11 is 5.68. The number of rotatable bonds is 4. The minimum absolute atomic E-state index is 0.0340. The van der Waals surface area contributed by atoms with Gasteiger partial charge >= 0.3 is 5.51 Å². The van der Waals surface area contributed by atoms with E-state index in [0.717, 1.165) is 17.0 Å². The molecule has 0 aliphatic heterocycles. The molecule has 2 nitrogen and oxygen atoms in total. The molecule has 0 atom stereocenters. The van der Waals surface area contributed by atoms with Crippen LogP contribution in [0.25, 0.3) is 0 Å². The first-order valence-corrected chi connectivity index (χ1v) is 6.16. The smallest absolute Gasteiger partial charge is 0.268 e. The van der Waals surface area contributed by atoms with Gasteiger partial charge in [0, 0.05) is 17.0 Å². The zero-order valence-electron chi connectivity index (χ0n) is 8.94. The number of nitrogens with zero attached hydrogens (tertiary/aromatic N) is 2. The summed E-state index contributed by atoms with van der Waals surface area (Å²) in [6, 6.07) is 0. The lowest BCUT2D eigenvalue weighted by molar-refractivity contribution is -0.0328. The fraction of sp³-hybridized carbons (Fsp3) is 0.667. The van der Waals surface area contributed by atoms with Crippen LogP contribution in [0.15, 0.2) is 0 Å². The van der Waals surface area contributed by atoms with Gasteiger partial charge in [0.15, 0.2) is 0 Å². The van der Waals surface area contributed by atoms with Crippen molar-refractivity contribution < 1.29 is 13.2 Å². The van der Waals surface area contributed by atoms with Gasteiger partial charge in [0.25, 0.3) is 0 Å². The first kappa shape index (κ1) is 13.7. The van der Waals surface area contributed by atoms with Crippen LogP contribution in [-0.2, 0) is 12.4 Å². The summed E-state index contributed by atoms with van der Waals surface area (Å²) in [6.07, 6.45) is 0. The average molecular weight is 273 g/mol. The zero-order chi connectivity index (χ0) is 12.3. The second kappa shape index (κ2) is 5.31. The molecule has 1 aromatic rings. The van der Waals surface area contributed by atoms with Crippen molar-refractivity contribution in [2.75, 3.05) is 5.75 Å². The standard InChI is InChI=1S/C9H12ClF3N2S/c1-6-8(5-10)7(2)15(14-6)3-4-16-9(11,12)13/h3-5H2,1-2H3. The van der Waals surface area contributed by atoms with Crippen molar-refractivity contribution in [3.05, 3.63) is 17.0 Å². The molecule has 0 aliphatic carbocycles. The molecule has 0 unspecified atom stereocenters. The molecule has 92 valence electrons. The van der Waals surface area contributed by atoms with Gasteiger partial charge < -0.3 is 0 Å². The van der Waals surface area contributed by atoms with Crippen LogP contribution in [0, 0.1) is 13.8 Å². The largest absolute Gasteiger partial charge is 0.441 e. The fourth-order valence-electron chi connectivity index (χ4n) is 1.39. The SMILES string of the molecule is Cc1nn(CCSC(F)(F)F)c(C)c1CCl. The molecule has 0 aliphatic rings. The number of hydrogen-bond donors (Lipinski definition) is 0. The van der Waals surface area contributed by atoms with E-state index >= 15 is 0 Å². The summed E-state index contributed by atoms with van der Waals surface area (Å²) in [5.74, 6) is 0.303. The third-order valence-corrected chi connectivity index (χ3v) is 3.22. The number of aryl methyl sites for hydroxylation is 2. The van der Waals surface area contributed by atoms with E-state index in [1.807, 2.05) is 6.92 Å². The molecule has 1 heterocycles. The normalized spacial score (nSPS) is 12.1. The van der Waals surface area contributed by atoms with E-state index in [1.165, 1.54) is 0 Å². The molecule has 7 heteroatoms. The Labute approximate surface area is 101 Å². The van der Waals surface area contributed by atoms with Gasteiger partial charge in [-0.2, -0.15) is 18.3 Å². The number of halogens is 4. The molecular formula is C9H12ClF3N2S. The molecule has 0 fully saturated rings. The van der Waals surface area contributed by atoms with Gasteiger partial charge in [0.2, 0.25) is 0 Å². The van der Waals surface area contributed by atoms with Crippen LogP contribution in [0.1, 0.15) is 17.0 Å². The Bertz CT molecular complexity index is 362. The van der Waals surface area contributed by atoms with Gasteiger partial charge in [0.1, 0.15) is 0 Å². The molecule has 1 rings (SSSR count). The molecule has 0 aromatic carbocycles. The van der Waals surface area contributed by atoms with E-state index in [1.54, 1.807) is 11.6 Å². The highest BCUT2D eigenvalue weighted by atomic mass is 35.5. The summed E-state index contributed by atoms with van der Waals surface area (Å²) in [5.41, 5.74) is -1.65. The van der Waals surface area contributed by atoms with Crippen molar-refractivity contribution in [2.45, 2.75) is 31.8 Å². The molecule has 0 amide bonds. The number of aromatic nitrogens is 2. The molecule has 16 heavy (non-hydrogen) atoms. The van der Waals surface area contributed by atoms with E-state index in [0.29, 0.717) is 5.88 Å². The highest BCUT2D eigenvalue weighted by Crippen LogP contribution is 2.30. The Morgan fingerprint density at radius 1 is 1.38 bits per heavy atom. The number of alkyl halides is 4. The van der Waals surface area contributed by atoms with Crippen molar-refractivity contribution in [1.82, 2.24) is 9.78 Å². The van der Waals surface area contributed by atoms with Gasteiger partial charge in [-0.05, 0) is 25.6 Å². The predicted octanol–water partition coefficient (Wildman–Crippen LogP) is 3.49. The monoisotopic (exact) mass is 272 g/mol. The van der Waals surface area contributed by atoms with Crippen LogP contribution < -0.4 is 0 Å². The van der Waals surface area contributed by atoms with Gasteiger partial charge in [-0.25, -0.2) is 0 Å². The fourth-order valence-corrected chi connectivity index (χ4v) is 2.28. The van der Waals surface area contributed by atoms with E-state index in [2.05, 4.69) is 5.10 Å². The second-order valence-corrected chi connectivity index (χ2v) is 4.73. The van der Waals surface area contributed by atoms with E-state index in [4.69, 9.17) is 11.6 Å². The first-order chi connectivity index (χ1) is 7.35. The molecule has 0 spiro atoms. The Hall–Kier alpha value is -0.360. The average Bonchev–Trinajstić information content (AvgIpc) is 2.40. The van der Waals surface area contributed by atoms with Gasteiger partial charge in [-0.15, -0.1) is 11.6 Å². The van der Waals surface area contributed by atoms with E-state index in [-0.39, 0.29) is 24.1 Å². The Morgan fingerprint density at radius 3 is 2.44 bits per heavy atom. The number of hydrogen-bond acceptors (Lipinski definition) is 2. The lowest BCUT2D eigenvalue weighted by Crippen LogP contribution is -2.09. The lowest BCUT2D eigenvalue weighted by Gasteiger charge is -2.07. The Kier molecular flexibility index (Phi) is 4.55. The zero-order valence-corrected chi connectivity index (χ0v) is 10.5. The Morgan fingerprint density at radius 2 is 2.00 bits per heavy atom. The molecule has 0 saturated carbocycles.